The minimum absolute atomic E-state index is 0.0193. The molecule has 1 aromatic carbocycles. The molecule has 1 unspecified atom stereocenters. The zero-order valence-corrected chi connectivity index (χ0v) is 10.4. The van der Waals surface area contributed by atoms with Crippen molar-refractivity contribution in [2.75, 3.05) is 26.4 Å². The van der Waals surface area contributed by atoms with E-state index in [4.69, 9.17) is 20.3 Å². The first-order valence-corrected chi connectivity index (χ1v) is 6.19. The summed E-state index contributed by atoms with van der Waals surface area (Å²) in [6, 6.07) is 2.14. The summed E-state index contributed by atoms with van der Waals surface area (Å²) in [5.74, 6) is -1.22. The Bertz CT molecular complexity index is 442. The molecule has 1 aliphatic rings. The Morgan fingerprint density at radius 3 is 2.84 bits per heavy atom. The van der Waals surface area contributed by atoms with Gasteiger partial charge in [-0.1, -0.05) is 0 Å². The van der Waals surface area contributed by atoms with E-state index in [2.05, 4.69) is 0 Å². The number of hydrogen-bond acceptors (Lipinski definition) is 4. The van der Waals surface area contributed by atoms with Gasteiger partial charge in [-0.15, -0.1) is 0 Å². The van der Waals surface area contributed by atoms with Gasteiger partial charge in [0.1, 0.15) is 5.82 Å². The van der Waals surface area contributed by atoms with Gasteiger partial charge in [0.25, 0.3) is 0 Å². The zero-order valence-electron chi connectivity index (χ0n) is 10.4. The van der Waals surface area contributed by atoms with Crippen molar-refractivity contribution in [2.24, 2.45) is 11.7 Å². The number of halogens is 2. The molecular weight excluding hydrogens is 256 g/mol. The van der Waals surface area contributed by atoms with Gasteiger partial charge in [-0.2, -0.15) is 0 Å². The van der Waals surface area contributed by atoms with Crippen LogP contribution in [0.1, 0.15) is 5.56 Å². The van der Waals surface area contributed by atoms with Crippen molar-refractivity contribution in [3.63, 3.8) is 0 Å². The highest BCUT2D eigenvalue weighted by atomic mass is 19.1. The van der Waals surface area contributed by atoms with Crippen LogP contribution < -0.4 is 10.5 Å². The molecule has 0 fully saturated rings. The van der Waals surface area contributed by atoms with Crippen molar-refractivity contribution in [3.8, 4) is 5.75 Å². The molecule has 4 nitrogen and oxygen atoms in total. The largest absolute Gasteiger partial charge is 0.490 e. The Morgan fingerprint density at radius 2 is 2.16 bits per heavy atom. The molecule has 1 aliphatic heterocycles. The molecule has 1 heterocycles. The van der Waals surface area contributed by atoms with Gasteiger partial charge in [-0.3, -0.25) is 0 Å². The molecule has 0 amide bonds. The molecule has 106 valence electrons. The van der Waals surface area contributed by atoms with Gasteiger partial charge in [0.2, 0.25) is 0 Å². The SMILES string of the molecule is NCC(OCCO)[C@@H]1COc2c(F)ccc(F)c2C1. The van der Waals surface area contributed by atoms with Gasteiger partial charge < -0.3 is 20.3 Å². The van der Waals surface area contributed by atoms with E-state index in [-0.39, 0.29) is 49.7 Å². The number of ether oxygens (including phenoxy) is 2. The summed E-state index contributed by atoms with van der Waals surface area (Å²) >= 11 is 0. The van der Waals surface area contributed by atoms with Crippen LogP contribution in [-0.4, -0.2) is 37.6 Å². The van der Waals surface area contributed by atoms with Crippen molar-refractivity contribution >= 4 is 0 Å². The third-order valence-electron chi connectivity index (χ3n) is 3.24. The number of fused-ring (bicyclic) bond motifs is 1. The lowest BCUT2D eigenvalue weighted by atomic mass is 9.91. The Labute approximate surface area is 110 Å². The fourth-order valence-electron chi connectivity index (χ4n) is 2.27. The lowest BCUT2D eigenvalue weighted by molar-refractivity contribution is -0.0171. The maximum Gasteiger partial charge on any atom is 0.165 e. The number of nitrogens with two attached hydrogens (primary N) is 1. The average molecular weight is 273 g/mol. The predicted molar refractivity (Wildman–Crippen MR) is 64.9 cm³/mol. The van der Waals surface area contributed by atoms with Gasteiger partial charge in [0.05, 0.1) is 25.9 Å². The maximum absolute atomic E-state index is 13.7. The summed E-state index contributed by atoms with van der Waals surface area (Å²) in [5, 5.41) is 8.74. The van der Waals surface area contributed by atoms with Gasteiger partial charge in [-0.25, -0.2) is 8.78 Å². The van der Waals surface area contributed by atoms with E-state index in [1.807, 2.05) is 0 Å². The third-order valence-corrected chi connectivity index (χ3v) is 3.24. The van der Waals surface area contributed by atoms with Crippen molar-refractivity contribution in [1.29, 1.82) is 0 Å². The Morgan fingerprint density at radius 1 is 1.42 bits per heavy atom. The molecule has 0 radical (unpaired) electrons. The first kappa shape index (κ1) is 14.2. The Balaban J connectivity index is 2.14. The summed E-state index contributed by atoms with van der Waals surface area (Å²) in [5.41, 5.74) is 5.83. The summed E-state index contributed by atoms with van der Waals surface area (Å²) in [6.45, 7) is 0.515. The fraction of sp³-hybridized carbons (Fsp3) is 0.538. The normalized spacial score (nSPS) is 19.7. The summed E-state index contributed by atoms with van der Waals surface area (Å²) in [7, 11) is 0. The van der Waals surface area contributed by atoms with Crippen LogP contribution in [0.5, 0.6) is 5.75 Å². The van der Waals surface area contributed by atoms with Crippen molar-refractivity contribution < 1.29 is 23.4 Å². The molecule has 1 aromatic rings. The average Bonchev–Trinajstić information content (AvgIpc) is 2.44. The van der Waals surface area contributed by atoms with E-state index in [9.17, 15) is 8.78 Å². The number of aliphatic hydroxyl groups excluding tert-OH is 1. The lowest BCUT2D eigenvalue weighted by Gasteiger charge is -2.31. The summed E-state index contributed by atoms with van der Waals surface area (Å²) in [6.07, 6.45) is -0.0327. The van der Waals surface area contributed by atoms with Crippen LogP contribution in [0.25, 0.3) is 0 Å². The van der Waals surface area contributed by atoms with Crippen molar-refractivity contribution in [1.82, 2.24) is 0 Å². The Hall–Kier alpha value is -1.24. The van der Waals surface area contributed by atoms with E-state index < -0.39 is 11.6 Å². The van der Waals surface area contributed by atoms with Gasteiger partial charge in [0.15, 0.2) is 11.6 Å². The minimum Gasteiger partial charge on any atom is -0.490 e. The van der Waals surface area contributed by atoms with Gasteiger partial charge in [0, 0.05) is 18.0 Å². The lowest BCUT2D eigenvalue weighted by Crippen LogP contribution is -2.39. The van der Waals surface area contributed by atoms with E-state index >= 15 is 0 Å². The highest BCUT2D eigenvalue weighted by molar-refractivity contribution is 5.38. The molecule has 6 heteroatoms. The van der Waals surface area contributed by atoms with Gasteiger partial charge in [-0.05, 0) is 18.6 Å². The monoisotopic (exact) mass is 273 g/mol. The van der Waals surface area contributed by atoms with Crippen molar-refractivity contribution in [3.05, 3.63) is 29.3 Å². The van der Waals surface area contributed by atoms with Crippen LogP contribution in [0.15, 0.2) is 12.1 Å². The van der Waals surface area contributed by atoms with Crippen LogP contribution in [0, 0.1) is 17.6 Å². The molecule has 0 saturated heterocycles. The van der Waals surface area contributed by atoms with E-state index in [1.165, 1.54) is 0 Å². The molecule has 2 rings (SSSR count). The zero-order chi connectivity index (χ0) is 13.8. The number of benzene rings is 1. The molecule has 0 aromatic heterocycles. The number of rotatable bonds is 5. The van der Waals surface area contributed by atoms with Crippen molar-refractivity contribution in [2.45, 2.75) is 12.5 Å². The first-order valence-electron chi connectivity index (χ1n) is 6.19. The highest BCUT2D eigenvalue weighted by Crippen LogP contribution is 2.33. The second kappa shape index (κ2) is 6.27. The van der Waals surface area contributed by atoms with Crippen LogP contribution in [0.4, 0.5) is 8.78 Å². The predicted octanol–water partition coefficient (Wildman–Crippen LogP) is 0.852. The van der Waals surface area contributed by atoms with Crippen LogP contribution in [0.2, 0.25) is 0 Å². The molecule has 2 atom stereocenters. The number of aliphatic hydroxyl groups is 1. The fourth-order valence-corrected chi connectivity index (χ4v) is 2.27. The molecule has 0 saturated carbocycles. The molecule has 3 N–H and O–H groups in total. The smallest absolute Gasteiger partial charge is 0.165 e. The standard InChI is InChI=1S/C13H17F2NO3/c14-10-1-2-11(15)13-9(10)5-8(7-19-13)12(6-16)18-4-3-17/h1-2,8,12,17H,3-7,16H2/t8-,12?/m0/s1. The third kappa shape index (κ3) is 3.02. The van der Waals surface area contributed by atoms with Crippen LogP contribution in [-0.2, 0) is 11.2 Å². The van der Waals surface area contributed by atoms with Crippen LogP contribution >= 0.6 is 0 Å². The molecule has 0 bridgehead atoms. The minimum atomic E-state index is -0.560. The van der Waals surface area contributed by atoms with Gasteiger partial charge >= 0.3 is 0 Å². The topological polar surface area (TPSA) is 64.7 Å². The second-order valence-corrected chi connectivity index (χ2v) is 4.48. The molecule has 19 heavy (non-hydrogen) atoms. The second-order valence-electron chi connectivity index (χ2n) is 4.48. The highest BCUT2D eigenvalue weighted by Gasteiger charge is 2.30. The van der Waals surface area contributed by atoms with E-state index in [1.54, 1.807) is 0 Å². The quantitative estimate of drug-likeness (QED) is 0.835. The van der Waals surface area contributed by atoms with E-state index in [0.29, 0.717) is 6.42 Å². The summed E-state index contributed by atoms with van der Waals surface area (Å²) < 4.78 is 37.9. The van der Waals surface area contributed by atoms with Crippen LogP contribution in [0.3, 0.4) is 0 Å². The first-order chi connectivity index (χ1) is 9.17. The summed E-state index contributed by atoms with van der Waals surface area (Å²) in [4.78, 5) is 0. The van der Waals surface area contributed by atoms with E-state index in [0.717, 1.165) is 12.1 Å². The molecule has 0 aliphatic carbocycles. The number of hydrogen-bond donors (Lipinski definition) is 2. The molecular formula is C13H17F2NO3. The Kier molecular flexibility index (Phi) is 4.68. The maximum atomic E-state index is 13.7. The molecule has 0 spiro atoms.